The van der Waals surface area contributed by atoms with Gasteiger partial charge in [-0.05, 0) is 13.1 Å². The van der Waals surface area contributed by atoms with Crippen LogP contribution in [0.1, 0.15) is 0 Å². The maximum Gasteiger partial charge on any atom is 0.273 e. The Morgan fingerprint density at radius 1 is 1.59 bits per heavy atom. The molecule has 0 aromatic heterocycles. The Kier molecular flexibility index (Phi) is 4.91. The number of nitro groups is 1. The molecule has 0 saturated heterocycles. The minimum absolute atomic E-state index is 0.00730. The molecule has 0 unspecified atom stereocenters. The highest BCUT2D eigenvalue weighted by atomic mass is 16.6. The summed E-state index contributed by atoms with van der Waals surface area (Å²) >= 11 is 0. The average molecular weight is 235 g/mol. The number of ether oxygens (including phenoxy) is 1. The van der Waals surface area contributed by atoms with E-state index in [9.17, 15) is 10.1 Å². The van der Waals surface area contributed by atoms with Crippen molar-refractivity contribution >= 4 is 5.69 Å². The third-order valence-corrected chi connectivity index (χ3v) is 2.11. The van der Waals surface area contributed by atoms with Gasteiger partial charge in [-0.1, -0.05) is 6.07 Å². The third-order valence-electron chi connectivity index (χ3n) is 2.11. The summed E-state index contributed by atoms with van der Waals surface area (Å²) in [5, 5.41) is 19.0. The number of hydrogen-bond donors (Lipinski definition) is 0. The molecule has 0 fully saturated rings. The van der Waals surface area contributed by atoms with Gasteiger partial charge in [-0.25, -0.2) is 0 Å². The van der Waals surface area contributed by atoms with Crippen LogP contribution >= 0.6 is 0 Å². The van der Waals surface area contributed by atoms with Gasteiger partial charge in [0.05, 0.1) is 23.6 Å². The molecule has 0 radical (unpaired) electrons. The highest BCUT2D eigenvalue weighted by Crippen LogP contribution is 2.18. The number of nitrogens with zero attached hydrogens (tertiary/aromatic N) is 3. The van der Waals surface area contributed by atoms with Crippen LogP contribution in [0.2, 0.25) is 0 Å². The summed E-state index contributed by atoms with van der Waals surface area (Å²) in [7, 11) is 1.81. The molecule has 1 aromatic rings. The van der Waals surface area contributed by atoms with Crippen LogP contribution in [0.15, 0.2) is 24.3 Å². The van der Waals surface area contributed by atoms with E-state index in [1.54, 1.807) is 24.1 Å². The van der Waals surface area contributed by atoms with Crippen LogP contribution in [-0.2, 0) is 0 Å². The molecule has 0 atom stereocenters. The van der Waals surface area contributed by atoms with Crippen molar-refractivity contribution in [3.63, 3.8) is 0 Å². The van der Waals surface area contributed by atoms with Crippen LogP contribution in [0, 0.1) is 21.4 Å². The molecule has 6 heteroatoms. The molecule has 0 aliphatic rings. The maximum absolute atomic E-state index is 10.5. The Hall–Kier alpha value is -2.13. The van der Waals surface area contributed by atoms with E-state index >= 15 is 0 Å². The van der Waals surface area contributed by atoms with Gasteiger partial charge in [-0.2, -0.15) is 5.26 Å². The molecule has 0 bridgehead atoms. The fraction of sp³-hybridized carbons (Fsp3) is 0.364. The lowest BCUT2D eigenvalue weighted by Gasteiger charge is -2.12. The Balaban J connectivity index is 2.44. The van der Waals surface area contributed by atoms with Crippen molar-refractivity contribution in [3.05, 3.63) is 34.4 Å². The third kappa shape index (κ3) is 4.49. The summed E-state index contributed by atoms with van der Waals surface area (Å²) in [5.41, 5.74) is 0.00730. The number of likely N-dealkylation sites (N-methyl/N-ethyl adjacent to an activating group) is 1. The second-order valence-electron chi connectivity index (χ2n) is 3.50. The normalized spacial score (nSPS) is 9.94. The number of nitro benzene ring substituents is 1. The first kappa shape index (κ1) is 12.9. The van der Waals surface area contributed by atoms with E-state index < -0.39 is 4.92 Å². The SMILES string of the molecule is CN(CC#N)CCOc1cccc([N+](=O)[O-])c1. The molecule has 0 aliphatic heterocycles. The molecular weight excluding hydrogens is 222 g/mol. The van der Waals surface area contributed by atoms with Crippen molar-refractivity contribution < 1.29 is 9.66 Å². The van der Waals surface area contributed by atoms with E-state index in [1.165, 1.54) is 12.1 Å². The Morgan fingerprint density at radius 2 is 2.35 bits per heavy atom. The zero-order chi connectivity index (χ0) is 12.7. The van der Waals surface area contributed by atoms with Crippen LogP contribution in [0.25, 0.3) is 0 Å². The minimum Gasteiger partial charge on any atom is -0.492 e. The molecule has 0 saturated carbocycles. The van der Waals surface area contributed by atoms with E-state index in [1.807, 2.05) is 6.07 Å². The molecule has 0 spiro atoms. The average Bonchev–Trinajstić information content (AvgIpc) is 2.30. The van der Waals surface area contributed by atoms with Gasteiger partial charge in [-0.3, -0.25) is 15.0 Å². The van der Waals surface area contributed by atoms with Gasteiger partial charge in [-0.15, -0.1) is 0 Å². The van der Waals surface area contributed by atoms with Crippen molar-refractivity contribution in [1.29, 1.82) is 5.26 Å². The second kappa shape index (κ2) is 6.45. The highest BCUT2D eigenvalue weighted by Gasteiger charge is 2.06. The molecule has 0 aliphatic carbocycles. The van der Waals surface area contributed by atoms with Crippen LogP contribution in [0.4, 0.5) is 5.69 Å². The van der Waals surface area contributed by atoms with Crippen molar-refractivity contribution in [3.8, 4) is 11.8 Å². The molecule has 0 heterocycles. The first-order valence-electron chi connectivity index (χ1n) is 5.06. The van der Waals surface area contributed by atoms with E-state index in [2.05, 4.69) is 0 Å². The van der Waals surface area contributed by atoms with Crippen LogP contribution in [0.5, 0.6) is 5.75 Å². The van der Waals surface area contributed by atoms with Crippen molar-refractivity contribution in [2.24, 2.45) is 0 Å². The lowest BCUT2D eigenvalue weighted by molar-refractivity contribution is -0.384. The second-order valence-corrected chi connectivity index (χ2v) is 3.50. The van der Waals surface area contributed by atoms with Gasteiger partial charge in [0.25, 0.3) is 5.69 Å². The van der Waals surface area contributed by atoms with Crippen LogP contribution in [-0.4, -0.2) is 36.6 Å². The van der Waals surface area contributed by atoms with Gasteiger partial charge in [0.1, 0.15) is 12.4 Å². The summed E-state index contributed by atoms with van der Waals surface area (Å²) < 4.78 is 5.36. The predicted molar refractivity (Wildman–Crippen MR) is 61.7 cm³/mol. The first-order chi connectivity index (χ1) is 8.13. The van der Waals surface area contributed by atoms with Gasteiger partial charge in [0.15, 0.2) is 0 Å². The topological polar surface area (TPSA) is 79.4 Å². The monoisotopic (exact) mass is 235 g/mol. The molecule has 1 rings (SSSR count). The van der Waals surface area contributed by atoms with Gasteiger partial charge >= 0.3 is 0 Å². The van der Waals surface area contributed by atoms with E-state index in [4.69, 9.17) is 10.00 Å². The van der Waals surface area contributed by atoms with Gasteiger partial charge in [0, 0.05) is 12.6 Å². The maximum atomic E-state index is 10.5. The highest BCUT2D eigenvalue weighted by molar-refractivity contribution is 5.37. The van der Waals surface area contributed by atoms with Gasteiger partial charge in [0.2, 0.25) is 0 Å². The number of benzene rings is 1. The number of hydrogen-bond acceptors (Lipinski definition) is 5. The number of rotatable bonds is 6. The quantitative estimate of drug-likeness (QED) is 0.423. The largest absolute Gasteiger partial charge is 0.492 e. The fourth-order valence-corrected chi connectivity index (χ4v) is 1.21. The smallest absolute Gasteiger partial charge is 0.273 e. The van der Waals surface area contributed by atoms with Crippen LogP contribution < -0.4 is 4.74 Å². The molecule has 6 nitrogen and oxygen atoms in total. The Labute approximate surface area is 99.2 Å². The standard InChI is InChI=1S/C11H13N3O3/c1-13(6-5-12)7-8-17-11-4-2-3-10(9-11)14(15)16/h2-4,9H,6-8H2,1H3. The first-order valence-corrected chi connectivity index (χ1v) is 5.06. The lowest BCUT2D eigenvalue weighted by atomic mass is 10.3. The fourth-order valence-electron chi connectivity index (χ4n) is 1.21. The van der Waals surface area contributed by atoms with Crippen molar-refractivity contribution in [2.45, 2.75) is 0 Å². The molecule has 17 heavy (non-hydrogen) atoms. The van der Waals surface area contributed by atoms with Gasteiger partial charge < -0.3 is 4.74 Å². The zero-order valence-corrected chi connectivity index (χ0v) is 9.50. The van der Waals surface area contributed by atoms with E-state index in [0.29, 0.717) is 25.4 Å². The summed E-state index contributed by atoms with van der Waals surface area (Å²) in [6.45, 7) is 1.31. The van der Waals surface area contributed by atoms with E-state index in [-0.39, 0.29) is 5.69 Å². The Bertz CT molecular complexity index is 428. The predicted octanol–water partition coefficient (Wildman–Crippen LogP) is 1.43. The lowest BCUT2D eigenvalue weighted by Crippen LogP contribution is -2.24. The molecule has 90 valence electrons. The number of non-ortho nitro benzene ring substituents is 1. The van der Waals surface area contributed by atoms with E-state index in [0.717, 1.165) is 0 Å². The summed E-state index contributed by atoms with van der Waals surface area (Å²) in [5.74, 6) is 0.463. The van der Waals surface area contributed by atoms with Crippen molar-refractivity contribution in [1.82, 2.24) is 4.90 Å². The number of nitriles is 1. The molecule has 0 N–H and O–H groups in total. The molecule has 1 aromatic carbocycles. The zero-order valence-electron chi connectivity index (χ0n) is 9.50. The minimum atomic E-state index is -0.464. The summed E-state index contributed by atoms with van der Waals surface area (Å²) in [4.78, 5) is 11.9. The van der Waals surface area contributed by atoms with Crippen molar-refractivity contribution in [2.75, 3.05) is 26.7 Å². The summed E-state index contributed by atoms with van der Waals surface area (Å²) in [6, 6.07) is 8.05. The Morgan fingerprint density at radius 3 is 3.00 bits per heavy atom. The summed E-state index contributed by atoms with van der Waals surface area (Å²) in [6.07, 6.45) is 0. The molecule has 0 amide bonds. The van der Waals surface area contributed by atoms with Crippen LogP contribution in [0.3, 0.4) is 0 Å². The molecular formula is C11H13N3O3.